The average Bonchev–Trinajstić information content (AvgIpc) is 2.39. The normalized spacial score (nSPS) is 9.16. The number of rotatable bonds is 5. The van der Waals surface area contributed by atoms with Crippen molar-refractivity contribution in [2.75, 3.05) is 11.9 Å². The standard InChI is InChI=1S/C13H13BrN2O3/c1-2-3-8-19-13(18)7-6-12(17)16-11-5-4-10(14)9-15-11/h4-5,9H,6-8H2,1H3,(H,15,16,17). The van der Waals surface area contributed by atoms with Crippen LogP contribution < -0.4 is 5.32 Å². The van der Waals surface area contributed by atoms with Crippen molar-refractivity contribution in [1.82, 2.24) is 4.98 Å². The van der Waals surface area contributed by atoms with Crippen LogP contribution in [0, 0.1) is 11.8 Å². The fraction of sp³-hybridized carbons (Fsp3) is 0.308. The first-order valence-corrected chi connectivity index (χ1v) is 6.37. The lowest BCUT2D eigenvalue weighted by Crippen LogP contribution is -2.15. The summed E-state index contributed by atoms with van der Waals surface area (Å²) >= 11 is 3.24. The highest BCUT2D eigenvalue weighted by Crippen LogP contribution is 2.10. The highest BCUT2D eigenvalue weighted by molar-refractivity contribution is 9.10. The van der Waals surface area contributed by atoms with E-state index in [0.717, 1.165) is 4.47 Å². The van der Waals surface area contributed by atoms with Gasteiger partial charge < -0.3 is 10.1 Å². The molecule has 1 amide bonds. The Morgan fingerprint density at radius 3 is 2.84 bits per heavy atom. The fourth-order valence-electron chi connectivity index (χ4n) is 1.13. The van der Waals surface area contributed by atoms with E-state index in [4.69, 9.17) is 4.74 Å². The number of pyridine rings is 1. The number of aromatic nitrogens is 1. The van der Waals surface area contributed by atoms with Gasteiger partial charge in [-0.15, -0.1) is 5.92 Å². The molecule has 0 saturated carbocycles. The molecule has 0 fully saturated rings. The molecule has 1 aromatic heterocycles. The Labute approximate surface area is 119 Å². The van der Waals surface area contributed by atoms with E-state index in [9.17, 15) is 9.59 Å². The maximum atomic E-state index is 11.5. The lowest BCUT2D eigenvalue weighted by atomic mass is 10.3. The predicted molar refractivity (Wildman–Crippen MR) is 74.2 cm³/mol. The summed E-state index contributed by atoms with van der Waals surface area (Å²) in [7, 11) is 0. The molecule has 0 radical (unpaired) electrons. The van der Waals surface area contributed by atoms with Gasteiger partial charge in [-0.25, -0.2) is 4.98 Å². The first-order valence-electron chi connectivity index (χ1n) is 5.58. The van der Waals surface area contributed by atoms with Gasteiger partial charge in [0.15, 0.2) is 6.61 Å². The Bertz CT molecular complexity index is 503. The van der Waals surface area contributed by atoms with Gasteiger partial charge in [0.05, 0.1) is 6.42 Å². The SMILES string of the molecule is CC#CCOC(=O)CCC(=O)Nc1ccc(Br)cn1. The van der Waals surface area contributed by atoms with E-state index in [1.807, 2.05) is 0 Å². The van der Waals surface area contributed by atoms with Crippen molar-refractivity contribution in [3.8, 4) is 11.8 Å². The molecule has 100 valence electrons. The van der Waals surface area contributed by atoms with Crippen LogP contribution in [0.4, 0.5) is 5.82 Å². The third-order valence-corrected chi connectivity index (χ3v) is 2.50. The minimum atomic E-state index is -0.443. The largest absolute Gasteiger partial charge is 0.452 e. The van der Waals surface area contributed by atoms with Crippen molar-refractivity contribution in [2.45, 2.75) is 19.8 Å². The zero-order valence-corrected chi connectivity index (χ0v) is 12.0. The second-order valence-corrected chi connectivity index (χ2v) is 4.41. The highest BCUT2D eigenvalue weighted by Gasteiger charge is 2.08. The minimum absolute atomic E-state index is 0.0216. The van der Waals surface area contributed by atoms with Crippen LogP contribution in [0.2, 0.25) is 0 Å². The zero-order chi connectivity index (χ0) is 14.1. The second-order valence-electron chi connectivity index (χ2n) is 3.50. The number of halogens is 1. The molecule has 19 heavy (non-hydrogen) atoms. The molecule has 1 aromatic rings. The van der Waals surface area contributed by atoms with E-state index in [-0.39, 0.29) is 25.4 Å². The van der Waals surface area contributed by atoms with Crippen molar-refractivity contribution < 1.29 is 14.3 Å². The van der Waals surface area contributed by atoms with Crippen LogP contribution in [0.25, 0.3) is 0 Å². The van der Waals surface area contributed by atoms with Gasteiger partial charge in [-0.1, -0.05) is 5.92 Å². The van der Waals surface area contributed by atoms with Gasteiger partial charge in [0.1, 0.15) is 5.82 Å². The summed E-state index contributed by atoms with van der Waals surface area (Å²) in [5.41, 5.74) is 0. The lowest BCUT2D eigenvalue weighted by molar-refractivity contribution is -0.143. The smallest absolute Gasteiger partial charge is 0.307 e. The monoisotopic (exact) mass is 324 g/mol. The number of anilines is 1. The predicted octanol–water partition coefficient (Wildman–Crippen LogP) is 2.13. The van der Waals surface area contributed by atoms with E-state index in [1.54, 1.807) is 25.3 Å². The van der Waals surface area contributed by atoms with E-state index in [2.05, 4.69) is 38.1 Å². The summed E-state index contributed by atoms with van der Waals surface area (Å²) < 4.78 is 5.61. The summed E-state index contributed by atoms with van der Waals surface area (Å²) in [6, 6.07) is 3.43. The molecule has 0 aliphatic heterocycles. The van der Waals surface area contributed by atoms with E-state index >= 15 is 0 Å². The van der Waals surface area contributed by atoms with Crippen LogP contribution in [0.3, 0.4) is 0 Å². The molecule has 6 heteroatoms. The number of nitrogens with one attached hydrogen (secondary N) is 1. The summed E-state index contributed by atoms with van der Waals surface area (Å²) in [6.07, 6.45) is 1.65. The quantitative estimate of drug-likeness (QED) is 0.665. The maximum Gasteiger partial charge on any atom is 0.307 e. The second kappa shape index (κ2) is 8.27. The molecule has 0 aliphatic carbocycles. The lowest BCUT2D eigenvalue weighted by Gasteiger charge is -2.04. The van der Waals surface area contributed by atoms with E-state index in [1.165, 1.54) is 0 Å². The van der Waals surface area contributed by atoms with Crippen molar-refractivity contribution in [3.63, 3.8) is 0 Å². The van der Waals surface area contributed by atoms with Crippen molar-refractivity contribution >= 4 is 33.6 Å². The topological polar surface area (TPSA) is 68.3 Å². The molecule has 0 unspecified atom stereocenters. The molecular formula is C13H13BrN2O3. The molecular weight excluding hydrogens is 312 g/mol. The van der Waals surface area contributed by atoms with E-state index in [0.29, 0.717) is 5.82 Å². The van der Waals surface area contributed by atoms with Gasteiger partial charge in [-0.2, -0.15) is 0 Å². The van der Waals surface area contributed by atoms with Crippen LogP contribution >= 0.6 is 15.9 Å². The van der Waals surface area contributed by atoms with Gasteiger partial charge >= 0.3 is 5.97 Å². The minimum Gasteiger partial charge on any atom is -0.452 e. The number of hydrogen-bond donors (Lipinski definition) is 1. The molecule has 0 atom stereocenters. The van der Waals surface area contributed by atoms with E-state index < -0.39 is 5.97 Å². The number of hydrogen-bond acceptors (Lipinski definition) is 4. The number of carbonyl (C=O) groups is 2. The Balaban J connectivity index is 2.29. The van der Waals surface area contributed by atoms with Crippen LogP contribution in [0.5, 0.6) is 0 Å². The number of nitrogens with zero attached hydrogens (tertiary/aromatic N) is 1. The number of amides is 1. The molecule has 1 N–H and O–H groups in total. The fourth-order valence-corrected chi connectivity index (χ4v) is 1.37. The molecule has 0 aromatic carbocycles. The summed E-state index contributed by atoms with van der Waals surface area (Å²) in [6.45, 7) is 1.72. The Kier molecular flexibility index (Phi) is 6.61. The Morgan fingerprint density at radius 1 is 1.42 bits per heavy atom. The summed E-state index contributed by atoms with van der Waals surface area (Å²) in [5, 5.41) is 2.59. The van der Waals surface area contributed by atoms with Crippen LogP contribution in [-0.4, -0.2) is 23.5 Å². The number of esters is 1. The van der Waals surface area contributed by atoms with Crippen LogP contribution in [0.15, 0.2) is 22.8 Å². The Morgan fingerprint density at radius 2 is 2.21 bits per heavy atom. The third-order valence-electron chi connectivity index (χ3n) is 2.03. The van der Waals surface area contributed by atoms with Gasteiger partial charge in [0.2, 0.25) is 5.91 Å². The van der Waals surface area contributed by atoms with Crippen LogP contribution in [0.1, 0.15) is 19.8 Å². The zero-order valence-electron chi connectivity index (χ0n) is 10.4. The van der Waals surface area contributed by atoms with Crippen molar-refractivity contribution in [3.05, 3.63) is 22.8 Å². The molecule has 0 spiro atoms. The van der Waals surface area contributed by atoms with Crippen LogP contribution in [-0.2, 0) is 14.3 Å². The summed E-state index contributed by atoms with van der Waals surface area (Å²) in [5.74, 6) is 4.93. The molecule has 0 bridgehead atoms. The van der Waals surface area contributed by atoms with Gasteiger partial charge in [0.25, 0.3) is 0 Å². The van der Waals surface area contributed by atoms with Gasteiger partial charge in [0, 0.05) is 17.1 Å². The van der Waals surface area contributed by atoms with Gasteiger partial charge in [-0.05, 0) is 35.0 Å². The highest BCUT2D eigenvalue weighted by atomic mass is 79.9. The molecule has 0 aliphatic rings. The molecule has 0 saturated heterocycles. The Hall–Kier alpha value is -1.87. The molecule has 1 rings (SSSR count). The molecule has 1 heterocycles. The number of carbonyl (C=O) groups excluding carboxylic acids is 2. The number of ether oxygens (including phenoxy) is 1. The first kappa shape index (κ1) is 15.2. The third kappa shape index (κ3) is 6.58. The van der Waals surface area contributed by atoms with Crippen molar-refractivity contribution in [2.24, 2.45) is 0 Å². The maximum absolute atomic E-state index is 11.5. The average molecular weight is 325 g/mol. The van der Waals surface area contributed by atoms with Crippen molar-refractivity contribution in [1.29, 1.82) is 0 Å². The molecule has 5 nitrogen and oxygen atoms in total. The first-order chi connectivity index (χ1) is 9.11. The summed E-state index contributed by atoms with van der Waals surface area (Å²) in [4.78, 5) is 26.8. The van der Waals surface area contributed by atoms with Gasteiger partial charge in [-0.3, -0.25) is 9.59 Å².